The SMILES string of the molecule is O=C1/C(=C/c2ccccc2I)SC(=S)N1c1ccccc1. The average molecular weight is 423 g/mol. The number of hydrogen-bond donors (Lipinski definition) is 0. The van der Waals surface area contributed by atoms with Crippen LogP contribution >= 0.6 is 46.6 Å². The third-order valence-corrected chi connectivity index (χ3v) is 5.28. The number of carbonyl (C=O) groups is 1. The topological polar surface area (TPSA) is 20.3 Å². The number of amides is 1. The smallest absolute Gasteiger partial charge is 0.268 e. The van der Waals surface area contributed by atoms with E-state index < -0.39 is 0 Å². The van der Waals surface area contributed by atoms with E-state index in [1.54, 1.807) is 4.90 Å². The zero-order valence-corrected chi connectivity index (χ0v) is 14.6. The Hall–Kier alpha value is -1.18. The highest BCUT2D eigenvalue weighted by Gasteiger charge is 2.33. The molecule has 1 aliphatic rings. The van der Waals surface area contributed by atoms with Crippen LogP contribution in [0.15, 0.2) is 59.5 Å². The van der Waals surface area contributed by atoms with E-state index in [4.69, 9.17) is 12.2 Å². The van der Waals surface area contributed by atoms with Gasteiger partial charge in [-0.25, -0.2) is 0 Å². The Morgan fingerprint density at radius 3 is 2.43 bits per heavy atom. The van der Waals surface area contributed by atoms with Crippen LogP contribution in [0.1, 0.15) is 5.56 Å². The third-order valence-electron chi connectivity index (χ3n) is 3.00. The molecule has 0 aliphatic carbocycles. The van der Waals surface area contributed by atoms with Gasteiger partial charge in [-0.15, -0.1) is 0 Å². The number of anilines is 1. The second-order valence-electron chi connectivity index (χ2n) is 4.37. The van der Waals surface area contributed by atoms with E-state index in [0.717, 1.165) is 14.8 Å². The highest BCUT2D eigenvalue weighted by Crippen LogP contribution is 2.36. The molecule has 1 fully saturated rings. The summed E-state index contributed by atoms with van der Waals surface area (Å²) in [6.07, 6.45) is 1.91. The van der Waals surface area contributed by atoms with Gasteiger partial charge in [0.1, 0.15) is 0 Å². The summed E-state index contributed by atoms with van der Waals surface area (Å²) in [6, 6.07) is 17.5. The van der Waals surface area contributed by atoms with Crippen LogP contribution in [0.2, 0.25) is 0 Å². The van der Waals surface area contributed by atoms with Gasteiger partial charge in [-0.05, 0) is 52.4 Å². The molecule has 1 saturated heterocycles. The molecule has 2 aromatic carbocycles. The van der Waals surface area contributed by atoms with Crippen LogP contribution < -0.4 is 4.90 Å². The second kappa shape index (κ2) is 6.29. The monoisotopic (exact) mass is 423 g/mol. The third kappa shape index (κ3) is 3.04. The van der Waals surface area contributed by atoms with Crippen LogP contribution in [-0.2, 0) is 4.79 Å². The van der Waals surface area contributed by atoms with E-state index in [0.29, 0.717) is 9.23 Å². The first-order chi connectivity index (χ1) is 10.2. The predicted molar refractivity (Wildman–Crippen MR) is 101 cm³/mol. The first kappa shape index (κ1) is 14.7. The largest absolute Gasteiger partial charge is 0.270 e. The average Bonchev–Trinajstić information content (AvgIpc) is 2.77. The van der Waals surface area contributed by atoms with E-state index in [9.17, 15) is 4.79 Å². The number of nitrogens with zero attached hydrogens (tertiary/aromatic N) is 1. The highest BCUT2D eigenvalue weighted by molar-refractivity contribution is 14.1. The summed E-state index contributed by atoms with van der Waals surface area (Å²) in [5.41, 5.74) is 1.85. The van der Waals surface area contributed by atoms with Crippen molar-refractivity contribution in [2.45, 2.75) is 0 Å². The van der Waals surface area contributed by atoms with Crippen LogP contribution in [0, 0.1) is 3.57 Å². The molecule has 2 nitrogen and oxygen atoms in total. The summed E-state index contributed by atoms with van der Waals surface area (Å²) in [5, 5.41) is 0. The molecule has 5 heteroatoms. The molecule has 0 unspecified atom stereocenters. The molecule has 3 rings (SSSR count). The maximum absolute atomic E-state index is 12.6. The van der Waals surface area contributed by atoms with Gasteiger partial charge in [0.25, 0.3) is 5.91 Å². The lowest BCUT2D eigenvalue weighted by molar-refractivity contribution is -0.113. The van der Waals surface area contributed by atoms with Gasteiger partial charge in [0.05, 0.1) is 10.6 Å². The number of rotatable bonds is 2. The van der Waals surface area contributed by atoms with Crippen LogP contribution in [-0.4, -0.2) is 10.2 Å². The van der Waals surface area contributed by atoms with Crippen molar-refractivity contribution in [2.75, 3.05) is 4.90 Å². The molecular weight excluding hydrogens is 413 g/mol. The molecular formula is C16H10INOS2. The minimum atomic E-state index is -0.0594. The summed E-state index contributed by atoms with van der Waals surface area (Å²) in [4.78, 5) is 14.8. The summed E-state index contributed by atoms with van der Waals surface area (Å²) >= 11 is 8.96. The van der Waals surface area contributed by atoms with E-state index >= 15 is 0 Å². The summed E-state index contributed by atoms with van der Waals surface area (Å²) in [6.45, 7) is 0. The zero-order valence-electron chi connectivity index (χ0n) is 10.8. The Balaban J connectivity index is 1.96. The summed E-state index contributed by atoms with van der Waals surface area (Å²) in [7, 11) is 0. The molecule has 0 saturated carbocycles. The highest BCUT2D eigenvalue weighted by atomic mass is 127. The van der Waals surface area contributed by atoms with E-state index in [2.05, 4.69) is 22.6 Å². The first-order valence-electron chi connectivity index (χ1n) is 6.24. The molecule has 0 aromatic heterocycles. The van der Waals surface area contributed by atoms with Gasteiger partial charge in [-0.3, -0.25) is 9.69 Å². The van der Waals surface area contributed by atoms with Crippen molar-refractivity contribution in [1.82, 2.24) is 0 Å². The summed E-state index contributed by atoms with van der Waals surface area (Å²) < 4.78 is 1.68. The Kier molecular flexibility index (Phi) is 4.42. The van der Waals surface area contributed by atoms with Crippen molar-refractivity contribution >= 4 is 68.6 Å². The number of halogens is 1. The number of thiocarbonyl (C=S) groups is 1. The fraction of sp³-hybridized carbons (Fsp3) is 0. The number of benzene rings is 2. The number of para-hydroxylation sites is 1. The van der Waals surface area contributed by atoms with Crippen molar-refractivity contribution in [3.8, 4) is 0 Å². The number of hydrogen-bond acceptors (Lipinski definition) is 3. The van der Waals surface area contributed by atoms with Crippen LogP contribution in [0.25, 0.3) is 6.08 Å². The fourth-order valence-electron chi connectivity index (χ4n) is 2.00. The molecule has 0 spiro atoms. The maximum Gasteiger partial charge on any atom is 0.270 e. The van der Waals surface area contributed by atoms with Crippen molar-refractivity contribution in [1.29, 1.82) is 0 Å². The Morgan fingerprint density at radius 2 is 1.71 bits per heavy atom. The van der Waals surface area contributed by atoms with E-state index in [1.165, 1.54) is 11.8 Å². The minimum absolute atomic E-state index is 0.0594. The predicted octanol–water partition coefficient (Wildman–Crippen LogP) is 4.70. The van der Waals surface area contributed by atoms with Crippen molar-refractivity contribution < 1.29 is 4.79 Å². The Bertz CT molecular complexity index is 743. The molecule has 2 aromatic rings. The van der Waals surface area contributed by atoms with Gasteiger partial charge < -0.3 is 0 Å². The Labute approximate surface area is 146 Å². The van der Waals surface area contributed by atoms with Crippen molar-refractivity contribution in [3.05, 3.63) is 68.6 Å². The van der Waals surface area contributed by atoms with Crippen LogP contribution in [0.3, 0.4) is 0 Å². The van der Waals surface area contributed by atoms with Gasteiger partial charge in [-0.1, -0.05) is 60.4 Å². The Morgan fingerprint density at radius 1 is 1.05 bits per heavy atom. The molecule has 0 atom stereocenters. The first-order valence-corrected chi connectivity index (χ1v) is 8.55. The quantitative estimate of drug-likeness (QED) is 0.397. The molecule has 0 radical (unpaired) electrons. The molecule has 1 heterocycles. The second-order valence-corrected chi connectivity index (χ2v) is 7.21. The minimum Gasteiger partial charge on any atom is -0.268 e. The van der Waals surface area contributed by atoms with E-state index in [-0.39, 0.29) is 5.91 Å². The van der Waals surface area contributed by atoms with Crippen molar-refractivity contribution in [2.24, 2.45) is 0 Å². The van der Waals surface area contributed by atoms with Gasteiger partial charge >= 0.3 is 0 Å². The number of thioether (sulfide) groups is 1. The molecule has 21 heavy (non-hydrogen) atoms. The lowest BCUT2D eigenvalue weighted by Crippen LogP contribution is -2.27. The fourth-order valence-corrected chi connectivity index (χ4v) is 3.83. The van der Waals surface area contributed by atoms with E-state index in [1.807, 2.05) is 60.7 Å². The van der Waals surface area contributed by atoms with Gasteiger partial charge in [0, 0.05) is 3.57 Å². The molecule has 0 bridgehead atoms. The molecule has 0 N–H and O–H groups in total. The lowest BCUT2D eigenvalue weighted by Gasteiger charge is -2.13. The van der Waals surface area contributed by atoms with Crippen molar-refractivity contribution in [3.63, 3.8) is 0 Å². The zero-order chi connectivity index (χ0) is 14.8. The van der Waals surface area contributed by atoms with Gasteiger partial charge in [0.15, 0.2) is 4.32 Å². The van der Waals surface area contributed by atoms with Crippen LogP contribution in [0.5, 0.6) is 0 Å². The lowest BCUT2D eigenvalue weighted by atomic mass is 10.2. The normalized spacial score (nSPS) is 16.8. The number of carbonyl (C=O) groups excluding carboxylic acids is 1. The van der Waals surface area contributed by atoms with Crippen LogP contribution in [0.4, 0.5) is 5.69 Å². The summed E-state index contributed by atoms with van der Waals surface area (Å²) in [5.74, 6) is -0.0594. The molecule has 104 valence electrons. The molecule has 1 amide bonds. The maximum atomic E-state index is 12.6. The van der Waals surface area contributed by atoms with Gasteiger partial charge in [-0.2, -0.15) is 0 Å². The molecule has 1 aliphatic heterocycles. The standard InChI is InChI=1S/C16H10INOS2/c17-13-9-5-4-6-11(13)10-14-15(19)18(16(20)21-14)12-7-2-1-3-8-12/h1-10H/b14-10-. The van der Waals surface area contributed by atoms with Gasteiger partial charge in [0.2, 0.25) is 0 Å².